The standard InChI is InChI=1S/C12H13NO3/c1-15-9-2-3-10-8(6-9)7-11-12(14)16-5-4-13(10)11/h2-3,6-7,12,14H,4-5H2,1H3. The maximum Gasteiger partial charge on any atom is 0.196 e. The van der Waals surface area contributed by atoms with Gasteiger partial charge in [0, 0.05) is 17.4 Å². The highest BCUT2D eigenvalue weighted by Crippen LogP contribution is 2.30. The highest BCUT2D eigenvalue weighted by atomic mass is 16.6. The van der Waals surface area contributed by atoms with Crippen LogP contribution in [-0.4, -0.2) is 23.4 Å². The minimum absolute atomic E-state index is 0.546. The lowest BCUT2D eigenvalue weighted by atomic mass is 10.2. The molecule has 1 N–H and O–H groups in total. The fraction of sp³-hybridized carbons (Fsp3) is 0.333. The first kappa shape index (κ1) is 9.69. The Labute approximate surface area is 93.0 Å². The molecule has 3 rings (SSSR count). The number of rotatable bonds is 1. The minimum Gasteiger partial charge on any atom is -0.497 e. The van der Waals surface area contributed by atoms with E-state index in [9.17, 15) is 5.11 Å². The molecule has 0 saturated carbocycles. The third-order valence-electron chi connectivity index (χ3n) is 2.98. The average molecular weight is 219 g/mol. The number of aliphatic hydroxyl groups excluding tert-OH is 1. The summed E-state index contributed by atoms with van der Waals surface area (Å²) in [4.78, 5) is 0. The van der Waals surface area contributed by atoms with E-state index in [4.69, 9.17) is 9.47 Å². The zero-order valence-corrected chi connectivity index (χ0v) is 9.01. The number of hydrogen-bond donors (Lipinski definition) is 1. The second kappa shape index (κ2) is 3.50. The molecular weight excluding hydrogens is 206 g/mol. The highest BCUT2D eigenvalue weighted by molar-refractivity contribution is 5.83. The number of benzene rings is 1. The van der Waals surface area contributed by atoms with Crippen molar-refractivity contribution in [2.75, 3.05) is 13.7 Å². The summed E-state index contributed by atoms with van der Waals surface area (Å²) in [6.07, 6.45) is -0.813. The van der Waals surface area contributed by atoms with Crippen LogP contribution in [-0.2, 0) is 11.3 Å². The van der Waals surface area contributed by atoms with E-state index in [1.54, 1.807) is 7.11 Å². The largest absolute Gasteiger partial charge is 0.497 e. The quantitative estimate of drug-likeness (QED) is 0.793. The van der Waals surface area contributed by atoms with Gasteiger partial charge in [-0.25, -0.2) is 0 Å². The lowest BCUT2D eigenvalue weighted by Gasteiger charge is -2.21. The summed E-state index contributed by atoms with van der Waals surface area (Å²) in [6.45, 7) is 1.33. The molecule has 84 valence electrons. The number of methoxy groups -OCH3 is 1. The number of fused-ring (bicyclic) bond motifs is 3. The van der Waals surface area contributed by atoms with E-state index >= 15 is 0 Å². The van der Waals surface area contributed by atoms with Gasteiger partial charge in [0.15, 0.2) is 6.29 Å². The Balaban J connectivity index is 2.23. The smallest absolute Gasteiger partial charge is 0.196 e. The summed E-state index contributed by atoms with van der Waals surface area (Å²) in [5.41, 5.74) is 1.92. The first-order valence-corrected chi connectivity index (χ1v) is 5.26. The lowest BCUT2D eigenvalue weighted by Crippen LogP contribution is -2.20. The van der Waals surface area contributed by atoms with Crippen molar-refractivity contribution in [3.05, 3.63) is 30.0 Å². The summed E-state index contributed by atoms with van der Waals surface area (Å²) >= 11 is 0. The molecule has 1 aromatic heterocycles. The summed E-state index contributed by atoms with van der Waals surface area (Å²) in [5.74, 6) is 0.825. The molecule has 0 spiro atoms. The summed E-state index contributed by atoms with van der Waals surface area (Å²) < 4.78 is 12.5. The Morgan fingerprint density at radius 3 is 3.12 bits per heavy atom. The maximum atomic E-state index is 9.71. The van der Waals surface area contributed by atoms with Crippen LogP contribution in [0.5, 0.6) is 5.75 Å². The van der Waals surface area contributed by atoms with Gasteiger partial charge in [-0.05, 0) is 24.3 Å². The predicted octanol–water partition coefficient (Wildman–Crippen LogP) is 1.67. The van der Waals surface area contributed by atoms with Gasteiger partial charge >= 0.3 is 0 Å². The molecule has 0 bridgehead atoms. The van der Waals surface area contributed by atoms with Crippen LogP contribution in [0.3, 0.4) is 0 Å². The van der Waals surface area contributed by atoms with E-state index in [1.165, 1.54) is 0 Å². The van der Waals surface area contributed by atoms with Gasteiger partial charge in [-0.15, -0.1) is 0 Å². The van der Waals surface area contributed by atoms with Crippen molar-refractivity contribution in [3.63, 3.8) is 0 Å². The van der Waals surface area contributed by atoms with Crippen molar-refractivity contribution in [2.24, 2.45) is 0 Å². The Morgan fingerprint density at radius 2 is 2.31 bits per heavy atom. The van der Waals surface area contributed by atoms with Crippen LogP contribution in [0.25, 0.3) is 10.9 Å². The first-order valence-electron chi connectivity index (χ1n) is 5.26. The highest BCUT2D eigenvalue weighted by Gasteiger charge is 2.20. The molecule has 0 aliphatic carbocycles. The summed E-state index contributed by atoms with van der Waals surface area (Å²) in [6, 6.07) is 7.85. The molecule has 0 saturated heterocycles. The number of nitrogens with zero attached hydrogens (tertiary/aromatic N) is 1. The van der Waals surface area contributed by atoms with Crippen LogP contribution in [0.2, 0.25) is 0 Å². The molecule has 1 aromatic carbocycles. The molecule has 1 unspecified atom stereocenters. The van der Waals surface area contributed by atoms with Crippen LogP contribution in [0.15, 0.2) is 24.3 Å². The van der Waals surface area contributed by atoms with Crippen LogP contribution >= 0.6 is 0 Å². The van der Waals surface area contributed by atoms with Gasteiger partial charge in [0.1, 0.15) is 5.75 Å². The van der Waals surface area contributed by atoms with Gasteiger partial charge in [0.25, 0.3) is 0 Å². The van der Waals surface area contributed by atoms with E-state index in [1.807, 2.05) is 24.3 Å². The molecule has 4 heteroatoms. The van der Waals surface area contributed by atoms with Crippen LogP contribution in [0, 0.1) is 0 Å². The monoisotopic (exact) mass is 219 g/mol. The first-order chi connectivity index (χ1) is 7.79. The molecule has 4 nitrogen and oxygen atoms in total. The fourth-order valence-corrected chi connectivity index (χ4v) is 2.19. The van der Waals surface area contributed by atoms with Gasteiger partial charge in [-0.2, -0.15) is 0 Å². The molecule has 1 aliphatic rings. The van der Waals surface area contributed by atoms with Crippen LogP contribution < -0.4 is 4.74 Å². The maximum absolute atomic E-state index is 9.71. The number of aromatic nitrogens is 1. The topological polar surface area (TPSA) is 43.6 Å². The van der Waals surface area contributed by atoms with Crippen molar-refractivity contribution in [1.29, 1.82) is 0 Å². The average Bonchev–Trinajstić information content (AvgIpc) is 2.68. The Hall–Kier alpha value is -1.52. The number of ether oxygens (including phenoxy) is 2. The van der Waals surface area contributed by atoms with Gasteiger partial charge in [-0.3, -0.25) is 0 Å². The Bertz CT molecular complexity index is 532. The van der Waals surface area contributed by atoms with Gasteiger partial charge in [-0.1, -0.05) is 0 Å². The van der Waals surface area contributed by atoms with E-state index < -0.39 is 6.29 Å². The molecule has 1 aliphatic heterocycles. The molecule has 16 heavy (non-hydrogen) atoms. The SMILES string of the molecule is COc1ccc2c(c1)cc1n2CCOC1O. The van der Waals surface area contributed by atoms with Crippen molar-refractivity contribution in [2.45, 2.75) is 12.8 Å². The normalized spacial score (nSPS) is 19.8. The molecule has 1 atom stereocenters. The Kier molecular flexibility index (Phi) is 2.12. The summed E-state index contributed by atoms with van der Waals surface area (Å²) in [5, 5.41) is 10.8. The van der Waals surface area contributed by atoms with Gasteiger partial charge < -0.3 is 19.1 Å². The van der Waals surface area contributed by atoms with E-state index in [-0.39, 0.29) is 0 Å². The number of aliphatic hydroxyl groups is 1. The Morgan fingerprint density at radius 1 is 1.44 bits per heavy atom. The zero-order chi connectivity index (χ0) is 11.1. The van der Waals surface area contributed by atoms with E-state index in [2.05, 4.69) is 4.57 Å². The predicted molar refractivity (Wildman–Crippen MR) is 59.4 cm³/mol. The zero-order valence-electron chi connectivity index (χ0n) is 9.01. The number of hydrogen-bond acceptors (Lipinski definition) is 3. The molecule has 2 aromatic rings. The molecular formula is C12H13NO3. The van der Waals surface area contributed by atoms with Gasteiger partial charge in [0.05, 0.1) is 19.4 Å². The van der Waals surface area contributed by atoms with E-state index in [0.29, 0.717) is 6.61 Å². The van der Waals surface area contributed by atoms with Crippen molar-refractivity contribution >= 4 is 10.9 Å². The third-order valence-corrected chi connectivity index (χ3v) is 2.98. The van der Waals surface area contributed by atoms with Gasteiger partial charge in [0.2, 0.25) is 0 Å². The third kappa shape index (κ3) is 1.31. The van der Waals surface area contributed by atoms with Crippen LogP contribution in [0.4, 0.5) is 0 Å². The van der Waals surface area contributed by atoms with E-state index in [0.717, 1.165) is 28.9 Å². The van der Waals surface area contributed by atoms with Crippen molar-refractivity contribution < 1.29 is 14.6 Å². The van der Waals surface area contributed by atoms with Crippen molar-refractivity contribution in [1.82, 2.24) is 4.57 Å². The van der Waals surface area contributed by atoms with Crippen LogP contribution in [0.1, 0.15) is 12.0 Å². The lowest BCUT2D eigenvalue weighted by molar-refractivity contribution is -0.123. The second-order valence-electron chi connectivity index (χ2n) is 3.87. The molecule has 0 amide bonds. The van der Waals surface area contributed by atoms with Crippen molar-refractivity contribution in [3.8, 4) is 5.75 Å². The fourth-order valence-electron chi connectivity index (χ4n) is 2.19. The molecule has 0 radical (unpaired) electrons. The molecule has 0 fully saturated rings. The molecule has 2 heterocycles. The second-order valence-corrected chi connectivity index (χ2v) is 3.87. The minimum atomic E-state index is -0.813. The summed E-state index contributed by atoms with van der Waals surface area (Å²) in [7, 11) is 1.65.